The van der Waals surface area contributed by atoms with E-state index in [1.54, 1.807) is 7.11 Å². The Morgan fingerprint density at radius 1 is 1.33 bits per heavy atom. The second-order valence-electron chi connectivity index (χ2n) is 5.07. The predicted molar refractivity (Wildman–Crippen MR) is 77.8 cm³/mol. The Hall–Kier alpha value is -1.76. The first-order valence-corrected chi connectivity index (χ1v) is 6.88. The first kappa shape index (κ1) is 15.6. The Kier molecular flexibility index (Phi) is 5.86. The van der Waals surface area contributed by atoms with E-state index in [4.69, 9.17) is 9.26 Å². The van der Waals surface area contributed by atoms with E-state index in [1.807, 2.05) is 42.3 Å². The van der Waals surface area contributed by atoms with Gasteiger partial charge in [0.1, 0.15) is 0 Å². The molecule has 6 nitrogen and oxygen atoms in total. The third kappa shape index (κ3) is 5.26. The molecule has 114 valence electrons. The van der Waals surface area contributed by atoms with Crippen molar-refractivity contribution in [1.29, 1.82) is 0 Å². The Morgan fingerprint density at radius 2 is 2.10 bits per heavy atom. The fourth-order valence-corrected chi connectivity index (χ4v) is 2.11. The molecule has 1 heterocycles. The van der Waals surface area contributed by atoms with Crippen LogP contribution in [0.3, 0.4) is 0 Å². The smallest absolute Gasteiger partial charge is 0.231 e. The number of hydrogen-bond donors (Lipinski definition) is 1. The average Bonchev–Trinajstić information content (AvgIpc) is 2.87. The first-order valence-electron chi connectivity index (χ1n) is 6.88. The van der Waals surface area contributed by atoms with E-state index in [0.29, 0.717) is 37.8 Å². The molecule has 0 saturated heterocycles. The molecule has 6 heteroatoms. The van der Waals surface area contributed by atoms with Crippen molar-refractivity contribution in [2.24, 2.45) is 0 Å². The molecule has 2 aromatic rings. The lowest BCUT2D eigenvalue weighted by molar-refractivity contribution is 0.0413. The van der Waals surface area contributed by atoms with Crippen LogP contribution in [0.1, 0.15) is 17.3 Å². The number of nitrogens with zero attached hydrogens (tertiary/aromatic N) is 3. The lowest BCUT2D eigenvalue weighted by Gasteiger charge is -2.18. The molecule has 1 unspecified atom stereocenters. The van der Waals surface area contributed by atoms with Gasteiger partial charge in [0.05, 0.1) is 25.7 Å². The van der Waals surface area contributed by atoms with Crippen molar-refractivity contribution >= 4 is 0 Å². The SMILES string of the molecule is COCC(O)CN(C)Cc1noc(Cc2ccccc2)n1. The number of rotatable bonds is 8. The van der Waals surface area contributed by atoms with Crippen LogP contribution in [0, 0.1) is 0 Å². The van der Waals surface area contributed by atoms with Crippen molar-refractivity contribution in [3.8, 4) is 0 Å². The van der Waals surface area contributed by atoms with Gasteiger partial charge in [-0.2, -0.15) is 4.98 Å². The summed E-state index contributed by atoms with van der Waals surface area (Å²) in [5.74, 6) is 1.22. The van der Waals surface area contributed by atoms with Crippen molar-refractivity contribution in [1.82, 2.24) is 15.0 Å². The summed E-state index contributed by atoms with van der Waals surface area (Å²) in [6, 6.07) is 9.99. The Labute approximate surface area is 124 Å². The van der Waals surface area contributed by atoms with Crippen molar-refractivity contribution in [2.45, 2.75) is 19.1 Å². The Balaban J connectivity index is 1.85. The molecule has 0 saturated carbocycles. The van der Waals surface area contributed by atoms with Gasteiger partial charge in [-0.05, 0) is 12.6 Å². The summed E-state index contributed by atoms with van der Waals surface area (Å²) in [5.41, 5.74) is 1.14. The zero-order valence-corrected chi connectivity index (χ0v) is 12.4. The van der Waals surface area contributed by atoms with Crippen molar-refractivity contribution in [2.75, 3.05) is 27.3 Å². The average molecular weight is 291 g/mol. The molecule has 1 atom stereocenters. The van der Waals surface area contributed by atoms with Gasteiger partial charge >= 0.3 is 0 Å². The predicted octanol–water partition coefficient (Wildman–Crippen LogP) is 1.10. The van der Waals surface area contributed by atoms with Crippen LogP contribution in [0.4, 0.5) is 0 Å². The molecule has 0 aliphatic heterocycles. The third-order valence-corrected chi connectivity index (χ3v) is 3.00. The molecular weight excluding hydrogens is 270 g/mol. The molecule has 0 spiro atoms. The quantitative estimate of drug-likeness (QED) is 0.785. The summed E-state index contributed by atoms with van der Waals surface area (Å²) >= 11 is 0. The second-order valence-corrected chi connectivity index (χ2v) is 5.07. The highest BCUT2D eigenvalue weighted by Crippen LogP contribution is 2.08. The minimum Gasteiger partial charge on any atom is -0.389 e. The van der Waals surface area contributed by atoms with Gasteiger partial charge in [-0.25, -0.2) is 0 Å². The van der Waals surface area contributed by atoms with Crippen molar-refractivity contribution in [3.63, 3.8) is 0 Å². The minimum absolute atomic E-state index is 0.315. The van der Waals surface area contributed by atoms with Crippen LogP contribution in [0.5, 0.6) is 0 Å². The lowest BCUT2D eigenvalue weighted by Crippen LogP contribution is -2.31. The van der Waals surface area contributed by atoms with Crippen LogP contribution in [0.15, 0.2) is 34.9 Å². The molecular formula is C15H21N3O3. The maximum atomic E-state index is 9.67. The zero-order chi connectivity index (χ0) is 15.1. The molecule has 0 fully saturated rings. The highest BCUT2D eigenvalue weighted by atomic mass is 16.5. The third-order valence-electron chi connectivity index (χ3n) is 3.00. The molecule has 1 aromatic heterocycles. The molecule has 2 rings (SSSR count). The van der Waals surface area contributed by atoms with Gasteiger partial charge in [0.2, 0.25) is 5.89 Å². The highest BCUT2D eigenvalue weighted by molar-refractivity contribution is 5.17. The fraction of sp³-hybridized carbons (Fsp3) is 0.467. The van der Waals surface area contributed by atoms with E-state index in [1.165, 1.54) is 0 Å². The summed E-state index contributed by atoms with van der Waals surface area (Å²) < 4.78 is 10.1. The van der Waals surface area contributed by atoms with E-state index in [2.05, 4.69) is 10.1 Å². The Morgan fingerprint density at radius 3 is 2.81 bits per heavy atom. The van der Waals surface area contributed by atoms with Crippen LogP contribution in [-0.2, 0) is 17.7 Å². The van der Waals surface area contributed by atoms with E-state index >= 15 is 0 Å². The van der Waals surface area contributed by atoms with Gasteiger partial charge in [-0.1, -0.05) is 35.5 Å². The number of aliphatic hydroxyl groups is 1. The Bertz CT molecular complexity index is 530. The molecule has 1 N–H and O–H groups in total. The molecule has 0 aliphatic carbocycles. The van der Waals surface area contributed by atoms with Gasteiger partial charge in [-0.3, -0.25) is 4.90 Å². The number of aromatic nitrogens is 2. The normalized spacial score (nSPS) is 12.8. The molecule has 0 bridgehead atoms. The van der Waals surface area contributed by atoms with E-state index in [9.17, 15) is 5.11 Å². The maximum Gasteiger partial charge on any atom is 0.231 e. The van der Waals surface area contributed by atoms with Gasteiger partial charge in [0.15, 0.2) is 5.82 Å². The maximum absolute atomic E-state index is 9.67. The highest BCUT2D eigenvalue weighted by Gasteiger charge is 2.12. The van der Waals surface area contributed by atoms with Crippen LogP contribution in [0.2, 0.25) is 0 Å². The molecule has 0 aliphatic rings. The van der Waals surface area contributed by atoms with Gasteiger partial charge in [0.25, 0.3) is 0 Å². The van der Waals surface area contributed by atoms with Crippen LogP contribution < -0.4 is 0 Å². The fourth-order valence-electron chi connectivity index (χ4n) is 2.11. The number of benzene rings is 1. The summed E-state index contributed by atoms with van der Waals surface area (Å²) in [6.07, 6.45) is 0.111. The van der Waals surface area contributed by atoms with Gasteiger partial charge in [0, 0.05) is 13.7 Å². The van der Waals surface area contributed by atoms with E-state index in [-0.39, 0.29) is 0 Å². The number of hydrogen-bond acceptors (Lipinski definition) is 6. The van der Waals surface area contributed by atoms with Gasteiger partial charge in [-0.15, -0.1) is 0 Å². The second kappa shape index (κ2) is 7.87. The number of methoxy groups -OCH3 is 1. The zero-order valence-electron chi connectivity index (χ0n) is 12.4. The number of likely N-dealkylation sites (N-methyl/N-ethyl adjacent to an activating group) is 1. The summed E-state index contributed by atoms with van der Waals surface area (Å²) in [7, 11) is 3.46. The monoisotopic (exact) mass is 291 g/mol. The molecule has 1 aromatic carbocycles. The van der Waals surface area contributed by atoms with Crippen molar-refractivity contribution < 1.29 is 14.4 Å². The van der Waals surface area contributed by atoms with Crippen molar-refractivity contribution in [3.05, 3.63) is 47.6 Å². The van der Waals surface area contributed by atoms with E-state index in [0.717, 1.165) is 5.56 Å². The first-order chi connectivity index (χ1) is 10.2. The molecule has 0 amide bonds. The van der Waals surface area contributed by atoms with E-state index < -0.39 is 6.10 Å². The summed E-state index contributed by atoms with van der Waals surface area (Å²) in [6.45, 7) is 1.34. The topological polar surface area (TPSA) is 71.6 Å². The minimum atomic E-state index is -0.518. The number of aliphatic hydroxyl groups excluding tert-OH is 1. The summed E-state index contributed by atoms with van der Waals surface area (Å²) in [5, 5.41) is 13.6. The molecule has 0 radical (unpaired) electrons. The standard InChI is InChI=1S/C15H21N3O3/c1-18(9-13(19)11-20-2)10-14-16-15(21-17-14)8-12-6-4-3-5-7-12/h3-7,13,19H,8-11H2,1-2H3. The summed E-state index contributed by atoms with van der Waals surface area (Å²) in [4.78, 5) is 6.30. The van der Waals surface area contributed by atoms with Crippen LogP contribution in [0.25, 0.3) is 0 Å². The largest absolute Gasteiger partial charge is 0.389 e. The van der Waals surface area contributed by atoms with Crippen LogP contribution >= 0.6 is 0 Å². The molecule has 21 heavy (non-hydrogen) atoms. The van der Waals surface area contributed by atoms with Crippen LogP contribution in [-0.4, -0.2) is 53.6 Å². The van der Waals surface area contributed by atoms with Gasteiger partial charge < -0.3 is 14.4 Å². The number of ether oxygens (including phenoxy) is 1. The lowest BCUT2D eigenvalue weighted by atomic mass is 10.1.